The molecule has 6 rings (SSSR count). The Bertz CT molecular complexity index is 1430. The first-order chi connectivity index (χ1) is 17.6. The van der Waals surface area contributed by atoms with E-state index < -0.39 is 0 Å². The van der Waals surface area contributed by atoms with E-state index in [1.165, 1.54) is 24.0 Å². The molecule has 0 radical (unpaired) electrons. The zero-order valence-electron chi connectivity index (χ0n) is 19.8. The lowest BCUT2D eigenvalue weighted by atomic mass is 10.1. The molecule has 2 atom stereocenters. The highest BCUT2D eigenvalue weighted by atomic mass is 35.5. The van der Waals surface area contributed by atoms with Gasteiger partial charge in [0.15, 0.2) is 0 Å². The number of halogens is 2. The van der Waals surface area contributed by atoms with Crippen LogP contribution in [0.1, 0.15) is 53.5 Å². The second kappa shape index (κ2) is 9.75. The molecule has 2 unspecified atom stereocenters. The van der Waals surface area contributed by atoms with Crippen LogP contribution in [0.2, 0.25) is 5.02 Å². The molecule has 0 aliphatic heterocycles. The molecule has 3 heterocycles. The van der Waals surface area contributed by atoms with Crippen molar-refractivity contribution < 1.29 is 4.79 Å². The fraction of sp³-hybridized carbons (Fsp3) is 0.321. The van der Waals surface area contributed by atoms with Gasteiger partial charge in [-0.3, -0.25) is 4.79 Å². The molecule has 8 heteroatoms. The predicted molar refractivity (Wildman–Crippen MR) is 144 cm³/mol. The number of benzene rings is 1. The molecule has 6 nitrogen and oxygen atoms in total. The smallest absolute Gasteiger partial charge is 0.229 e. The molecule has 2 aliphatic rings. The van der Waals surface area contributed by atoms with Crippen LogP contribution in [-0.4, -0.2) is 26.2 Å². The third kappa shape index (κ3) is 5.06. The number of carbonyl (C=O) groups excluding carboxylic acids is 1. The van der Waals surface area contributed by atoms with Gasteiger partial charge in [-0.1, -0.05) is 29.8 Å². The van der Waals surface area contributed by atoms with Crippen LogP contribution >= 0.6 is 23.2 Å². The van der Waals surface area contributed by atoms with Crippen molar-refractivity contribution in [1.82, 2.24) is 14.4 Å². The fourth-order valence-electron chi connectivity index (χ4n) is 4.87. The molecule has 4 aromatic rings. The summed E-state index contributed by atoms with van der Waals surface area (Å²) in [5.74, 6) is 1.94. The number of aryl methyl sites for hydroxylation is 1. The molecule has 0 saturated heterocycles. The summed E-state index contributed by atoms with van der Waals surface area (Å²) in [5, 5.41) is 7.08. The normalized spacial score (nSPS) is 18.8. The number of pyridine rings is 2. The van der Waals surface area contributed by atoms with Crippen LogP contribution in [0, 0.1) is 5.92 Å². The summed E-state index contributed by atoms with van der Waals surface area (Å²) in [6.45, 7) is 0.567. The molecule has 3 aromatic heterocycles. The van der Waals surface area contributed by atoms with Crippen LogP contribution in [0.4, 0.5) is 11.5 Å². The number of nitrogens with zero attached hydrogens (tertiary/aromatic N) is 3. The Morgan fingerprint density at radius 1 is 1.11 bits per heavy atom. The molecule has 2 saturated carbocycles. The van der Waals surface area contributed by atoms with Gasteiger partial charge in [-0.2, -0.15) is 0 Å². The minimum absolute atomic E-state index is 0.0109. The van der Waals surface area contributed by atoms with Gasteiger partial charge in [-0.25, -0.2) is 9.97 Å². The summed E-state index contributed by atoms with van der Waals surface area (Å²) in [6.07, 6.45) is 10.1. The van der Waals surface area contributed by atoms with Crippen molar-refractivity contribution in [2.75, 3.05) is 16.5 Å². The van der Waals surface area contributed by atoms with Crippen LogP contribution in [-0.2, 0) is 17.8 Å². The van der Waals surface area contributed by atoms with Crippen LogP contribution in [0.25, 0.3) is 5.65 Å². The van der Waals surface area contributed by atoms with Gasteiger partial charge >= 0.3 is 0 Å². The first kappa shape index (κ1) is 23.3. The fourth-order valence-corrected chi connectivity index (χ4v) is 5.27. The maximum absolute atomic E-state index is 12.8. The second-order valence-electron chi connectivity index (χ2n) is 9.75. The number of amides is 1. The lowest BCUT2D eigenvalue weighted by molar-refractivity contribution is -0.117. The van der Waals surface area contributed by atoms with Crippen molar-refractivity contribution in [3.8, 4) is 0 Å². The molecule has 184 valence electrons. The SMILES string of the molecule is O=C(Nc1cc(NCc2cn3cc(C4CC4)cc(CCCl)c3n2)ccn1)C1CC1c1cccc(Cl)c1. The molecule has 1 amide bonds. The Kier molecular flexibility index (Phi) is 6.32. The average molecular weight is 520 g/mol. The second-order valence-corrected chi connectivity index (χ2v) is 10.6. The molecule has 2 N–H and O–H groups in total. The highest BCUT2D eigenvalue weighted by molar-refractivity contribution is 6.30. The van der Waals surface area contributed by atoms with E-state index in [2.05, 4.69) is 38.5 Å². The number of hydrogen-bond donors (Lipinski definition) is 2. The highest BCUT2D eigenvalue weighted by Gasteiger charge is 2.44. The Labute approximate surface area is 220 Å². The van der Waals surface area contributed by atoms with Gasteiger partial charge in [0.1, 0.15) is 11.5 Å². The number of alkyl halides is 1. The van der Waals surface area contributed by atoms with Crippen molar-refractivity contribution in [2.45, 2.75) is 44.1 Å². The Balaban J connectivity index is 1.10. The van der Waals surface area contributed by atoms with Crippen LogP contribution in [0.15, 0.2) is 61.1 Å². The topological polar surface area (TPSA) is 71.3 Å². The van der Waals surface area contributed by atoms with Crippen molar-refractivity contribution >= 4 is 46.3 Å². The highest BCUT2D eigenvalue weighted by Crippen LogP contribution is 2.48. The summed E-state index contributed by atoms with van der Waals surface area (Å²) in [5.41, 5.74) is 6.48. The van der Waals surface area contributed by atoms with Gasteiger partial charge in [-0.15, -0.1) is 11.6 Å². The van der Waals surface area contributed by atoms with Crippen molar-refractivity contribution in [2.24, 2.45) is 5.92 Å². The molecule has 2 fully saturated rings. The van der Waals surface area contributed by atoms with E-state index >= 15 is 0 Å². The van der Waals surface area contributed by atoms with E-state index in [0.29, 0.717) is 29.2 Å². The van der Waals surface area contributed by atoms with Crippen LogP contribution in [0.5, 0.6) is 0 Å². The molecule has 0 spiro atoms. The van der Waals surface area contributed by atoms with Crippen molar-refractivity contribution in [3.05, 3.63) is 88.5 Å². The molecule has 2 aliphatic carbocycles. The van der Waals surface area contributed by atoms with E-state index in [1.54, 1.807) is 6.20 Å². The number of fused-ring (bicyclic) bond motifs is 1. The van der Waals surface area contributed by atoms with Gasteiger partial charge in [0.2, 0.25) is 5.91 Å². The Hall–Kier alpha value is -3.09. The van der Waals surface area contributed by atoms with Crippen LogP contribution < -0.4 is 10.6 Å². The molecule has 1 aromatic carbocycles. The summed E-state index contributed by atoms with van der Waals surface area (Å²) in [7, 11) is 0. The summed E-state index contributed by atoms with van der Waals surface area (Å²) in [4.78, 5) is 22.0. The summed E-state index contributed by atoms with van der Waals surface area (Å²) < 4.78 is 2.14. The lowest BCUT2D eigenvalue weighted by Crippen LogP contribution is -2.15. The third-order valence-electron chi connectivity index (χ3n) is 7.00. The van der Waals surface area contributed by atoms with Gasteiger partial charge in [0.25, 0.3) is 0 Å². The number of aromatic nitrogens is 3. The minimum Gasteiger partial charge on any atom is -0.379 e. The standard InChI is InChI=1S/C28H27Cl2N5O/c29-8-6-19-10-20(17-4-5-17)15-35-16-23(33-27(19)35)14-32-22-7-9-31-26(12-22)34-28(36)25-13-24(25)18-2-1-3-21(30)11-18/h1-3,7,9-12,15-17,24-25H,4-6,8,13-14H2,(H2,31,32,34,36). The average Bonchev–Trinajstić information content (AvgIpc) is 3.79. The van der Waals surface area contributed by atoms with Gasteiger partial charge in [-0.05, 0) is 72.4 Å². The summed E-state index contributed by atoms with van der Waals surface area (Å²) >= 11 is 12.2. The first-order valence-corrected chi connectivity index (χ1v) is 13.3. The van der Waals surface area contributed by atoms with E-state index in [1.807, 2.05) is 36.4 Å². The minimum atomic E-state index is -0.0532. The van der Waals surface area contributed by atoms with Crippen molar-refractivity contribution in [1.29, 1.82) is 0 Å². The quantitative estimate of drug-likeness (QED) is 0.251. The number of anilines is 2. The van der Waals surface area contributed by atoms with E-state index in [4.69, 9.17) is 28.2 Å². The van der Waals surface area contributed by atoms with Crippen molar-refractivity contribution in [3.63, 3.8) is 0 Å². The zero-order chi connectivity index (χ0) is 24.6. The zero-order valence-corrected chi connectivity index (χ0v) is 21.3. The Morgan fingerprint density at radius 2 is 2.00 bits per heavy atom. The van der Waals surface area contributed by atoms with Crippen LogP contribution in [0.3, 0.4) is 0 Å². The first-order valence-electron chi connectivity index (χ1n) is 12.4. The predicted octanol–water partition coefficient (Wildman–Crippen LogP) is 6.40. The van der Waals surface area contributed by atoms with E-state index in [-0.39, 0.29) is 17.7 Å². The molecule has 0 bridgehead atoms. The number of nitrogens with one attached hydrogen (secondary N) is 2. The Morgan fingerprint density at radius 3 is 2.81 bits per heavy atom. The van der Waals surface area contributed by atoms with Gasteiger partial charge in [0, 0.05) is 47.2 Å². The largest absolute Gasteiger partial charge is 0.379 e. The molecule has 36 heavy (non-hydrogen) atoms. The van der Waals surface area contributed by atoms with Gasteiger partial charge < -0.3 is 15.0 Å². The number of imidazole rings is 1. The number of carbonyl (C=O) groups is 1. The van der Waals surface area contributed by atoms with Gasteiger partial charge in [0.05, 0.1) is 12.2 Å². The number of rotatable bonds is 9. The number of hydrogen-bond acceptors (Lipinski definition) is 4. The molecular formula is C28H27Cl2N5O. The maximum Gasteiger partial charge on any atom is 0.229 e. The maximum atomic E-state index is 12.8. The van der Waals surface area contributed by atoms with E-state index in [9.17, 15) is 4.79 Å². The third-order valence-corrected chi connectivity index (χ3v) is 7.42. The monoisotopic (exact) mass is 519 g/mol. The lowest BCUT2D eigenvalue weighted by Gasteiger charge is -2.08. The summed E-state index contributed by atoms with van der Waals surface area (Å²) in [6, 6.07) is 13.8. The van der Waals surface area contributed by atoms with E-state index in [0.717, 1.165) is 35.4 Å². The molecular weight excluding hydrogens is 493 g/mol.